The number of nitrogens with zero attached hydrogens (tertiary/aromatic N) is 2. The summed E-state index contributed by atoms with van der Waals surface area (Å²) in [6.07, 6.45) is 1.50. The third-order valence-corrected chi connectivity index (χ3v) is 3.63. The van der Waals surface area contributed by atoms with Gasteiger partial charge >= 0.3 is 11.7 Å². The van der Waals surface area contributed by atoms with Crippen LogP contribution in [-0.4, -0.2) is 25.6 Å². The van der Waals surface area contributed by atoms with Crippen molar-refractivity contribution < 1.29 is 9.90 Å². The maximum atomic E-state index is 12.1. The lowest BCUT2D eigenvalue weighted by atomic mass is 10.1. The standard InChI is InChI=1S/C16H13N3O4.2C2H6/c1-9-4-5-10(7-12(9)15(21)22)8-19-13-11(3-2-6-17-13)14(20)18-16(19)23;2*1-2/h2-7H,8H2,1H3,(H,21,22)(H,18,20,23);2*1-2H3. The molecule has 0 saturated heterocycles. The molecular formula is C20H25N3O4. The number of H-pyrrole nitrogens is 1. The number of aromatic carboxylic acids is 1. The first-order valence-electron chi connectivity index (χ1n) is 8.88. The highest BCUT2D eigenvalue weighted by atomic mass is 16.4. The van der Waals surface area contributed by atoms with Crippen LogP contribution in [0.25, 0.3) is 11.0 Å². The molecule has 0 bridgehead atoms. The minimum absolute atomic E-state index is 0.115. The van der Waals surface area contributed by atoms with Crippen molar-refractivity contribution in [1.29, 1.82) is 0 Å². The molecule has 0 aliphatic heterocycles. The third-order valence-electron chi connectivity index (χ3n) is 3.63. The first-order valence-corrected chi connectivity index (χ1v) is 8.88. The zero-order valence-electron chi connectivity index (χ0n) is 16.2. The predicted octanol–water partition coefficient (Wildman–Crippen LogP) is 3.19. The van der Waals surface area contributed by atoms with Crippen LogP contribution in [0.3, 0.4) is 0 Å². The van der Waals surface area contributed by atoms with Gasteiger partial charge in [-0.05, 0) is 36.2 Å². The summed E-state index contributed by atoms with van der Waals surface area (Å²) in [7, 11) is 0. The van der Waals surface area contributed by atoms with Crippen molar-refractivity contribution in [3.05, 3.63) is 74.1 Å². The summed E-state index contributed by atoms with van der Waals surface area (Å²) in [5, 5.41) is 9.49. The van der Waals surface area contributed by atoms with E-state index in [1.54, 1.807) is 31.2 Å². The number of benzene rings is 1. The van der Waals surface area contributed by atoms with E-state index >= 15 is 0 Å². The molecule has 0 aliphatic rings. The fraction of sp³-hybridized carbons (Fsp3) is 0.300. The van der Waals surface area contributed by atoms with Gasteiger partial charge in [0.2, 0.25) is 0 Å². The van der Waals surface area contributed by atoms with Crippen LogP contribution in [0, 0.1) is 6.92 Å². The number of hydrogen-bond donors (Lipinski definition) is 2. The second-order valence-electron chi connectivity index (χ2n) is 5.17. The average molecular weight is 371 g/mol. The van der Waals surface area contributed by atoms with Crippen molar-refractivity contribution in [3.63, 3.8) is 0 Å². The van der Waals surface area contributed by atoms with Crippen LogP contribution >= 0.6 is 0 Å². The highest BCUT2D eigenvalue weighted by Gasteiger charge is 2.11. The number of carbonyl (C=O) groups is 1. The highest BCUT2D eigenvalue weighted by Crippen LogP contribution is 2.13. The first-order chi connectivity index (χ1) is 13.0. The van der Waals surface area contributed by atoms with Crippen LogP contribution in [-0.2, 0) is 6.54 Å². The summed E-state index contributed by atoms with van der Waals surface area (Å²) < 4.78 is 1.31. The largest absolute Gasteiger partial charge is 0.478 e. The second kappa shape index (κ2) is 10.1. The number of nitrogens with one attached hydrogen (secondary N) is 1. The van der Waals surface area contributed by atoms with Crippen molar-refractivity contribution in [2.75, 3.05) is 0 Å². The Bertz CT molecular complexity index is 1040. The Kier molecular flexibility index (Phi) is 8.13. The van der Waals surface area contributed by atoms with E-state index in [0.717, 1.165) is 0 Å². The van der Waals surface area contributed by atoms with Gasteiger partial charge in [-0.2, -0.15) is 0 Å². The molecule has 0 amide bonds. The molecular weight excluding hydrogens is 346 g/mol. The van der Waals surface area contributed by atoms with Gasteiger partial charge in [0.15, 0.2) is 0 Å². The number of hydrogen-bond acceptors (Lipinski definition) is 4. The van der Waals surface area contributed by atoms with Gasteiger partial charge in [-0.1, -0.05) is 39.8 Å². The molecule has 0 atom stereocenters. The Morgan fingerprint density at radius 1 is 1.15 bits per heavy atom. The fourth-order valence-electron chi connectivity index (χ4n) is 2.44. The van der Waals surface area contributed by atoms with Gasteiger partial charge in [-0.15, -0.1) is 0 Å². The molecule has 7 nitrogen and oxygen atoms in total. The smallest absolute Gasteiger partial charge is 0.335 e. The van der Waals surface area contributed by atoms with Crippen molar-refractivity contribution >= 4 is 17.0 Å². The molecule has 0 fully saturated rings. The predicted molar refractivity (Wildman–Crippen MR) is 107 cm³/mol. The van der Waals surface area contributed by atoms with Crippen LogP contribution < -0.4 is 11.2 Å². The minimum atomic E-state index is -1.03. The average Bonchev–Trinajstić information content (AvgIpc) is 2.69. The summed E-state index contributed by atoms with van der Waals surface area (Å²) in [4.78, 5) is 41.5. The number of aryl methyl sites for hydroxylation is 1. The molecule has 3 aromatic rings. The van der Waals surface area contributed by atoms with E-state index < -0.39 is 17.2 Å². The number of rotatable bonds is 3. The van der Waals surface area contributed by atoms with Gasteiger partial charge in [-0.25, -0.2) is 14.6 Å². The molecule has 27 heavy (non-hydrogen) atoms. The van der Waals surface area contributed by atoms with E-state index in [2.05, 4.69) is 9.97 Å². The quantitative estimate of drug-likeness (QED) is 0.735. The molecule has 2 heterocycles. The van der Waals surface area contributed by atoms with Crippen LogP contribution in [0.2, 0.25) is 0 Å². The molecule has 0 spiro atoms. The van der Waals surface area contributed by atoms with Crippen molar-refractivity contribution in [2.24, 2.45) is 0 Å². The molecule has 0 aliphatic carbocycles. The Labute approximate surface area is 157 Å². The number of aromatic nitrogens is 3. The van der Waals surface area contributed by atoms with Gasteiger partial charge in [0, 0.05) is 6.20 Å². The van der Waals surface area contributed by atoms with Crippen molar-refractivity contribution in [1.82, 2.24) is 14.5 Å². The van der Waals surface area contributed by atoms with Crippen molar-refractivity contribution in [2.45, 2.75) is 41.2 Å². The van der Waals surface area contributed by atoms with Gasteiger partial charge < -0.3 is 5.11 Å². The zero-order chi connectivity index (χ0) is 20.6. The summed E-state index contributed by atoms with van der Waals surface area (Å²) in [6.45, 7) is 9.82. The van der Waals surface area contributed by atoms with E-state index in [4.69, 9.17) is 0 Å². The Morgan fingerprint density at radius 2 is 1.81 bits per heavy atom. The molecule has 0 unspecified atom stereocenters. The SMILES string of the molecule is CC.CC.Cc1ccc(Cn2c(=O)[nH]c(=O)c3cccnc32)cc1C(=O)O. The normalized spacial score (nSPS) is 9.67. The molecule has 144 valence electrons. The van der Waals surface area contributed by atoms with Crippen LogP contribution in [0.1, 0.15) is 49.2 Å². The second-order valence-corrected chi connectivity index (χ2v) is 5.17. The lowest BCUT2D eigenvalue weighted by molar-refractivity contribution is 0.0696. The Morgan fingerprint density at radius 3 is 2.44 bits per heavy atom. The van der Waals surface area contributed by atoms with E-state index in [1.165, 1.54) is 16.8 Å². The number of aromatic amines is 1. The topological polar surface area (TPSA) is 105 Å². The van der Waals surface area contributed by atoms with Crippen LogP contribution in [0.15, 0.2) is 46.1 Å². The highest BCUT2D eigenvalue weighted by molar-refractivity contribution is 5.89. The Balaban J connectivity index is 0.000000855. The van der Waals surface area contributed by atoms with Crippen LogP contribution in [0.5, 0.6) is 0 Å². The van der Waals surface area contributed by atoms with Gasteiger partial charge in [0.25, 0.3) is 5.56 Å². The van der Waals surface area contributed by atoms with Gasteiger partial charge in [0.05, 0.1) is 17.5 Å². The summed E-state index contributed by atoms with van der Waals surface area (Å²) in [6, 6.07) is 8.14. The monoisotopic (exact) mass is 371 g/mol. The Hall–Kier alpha value is -3.22. The molecule has 1 aromatic carbocycles. The first kappa shape index (κ1) is 21.8. The summed E-state index contributed by atoms with van der Waals surface area (Å²) in [5.41, 5.74) is 0.631. The fourth-order valence-corrected chi connectivity index (χ4v) is 2.44. The molecule has 0 saturated carbocycles. The van der Waals surface area contributed by atoms with E-state index in [9.17, 15) is 19.5 Å². The number of carboxylic acids is 1. The maximum absolute atomic E-state index is 12.1. The van der Waals surface area contributed by atoms with E-state index in [-0.39, 0.29) is 17.8 Å². The van der Waals surface area contributed by atoms with E-state index in [0.29, 0.717) is 16.5 Å². The van der Waals surface area contributed by atoms with E-state index in [1.807, 2.05) is 27.7 Å². The van der Waals surface area contributed by atoms with Crippen LogP contribution in [0.4, 0.5) is 0 Å². The number of pyridine rings is 1. The third kappa shape index (κ3) is 4.91. The lowest BCUT2D eigenvalue weighted by Gasteiger charge is -2.10. The van der Waals surface area contributed by atoms with Crippen molar-refractivity contribution in [3.8, 4) is 0 Å². The number of carboxylic acid groups (broad SMARTS) is 1. The number of fused-ring (bicyclic) bond motifs is 1. The minimum Gasteiger partial charge on any atom is -0.478 e. The molecule has 7 heteroatoms. The van der Waals surface area contributed by atoms with Gasteiger partial charge in [0.1, 0.15) is 5.65 Å². The molecule has 0 radical (unpaired) electrons. The molecule has 2 N–H and O–H groups in total. The summed E-state index contributed by atoms with van der Waals surface area (Å²) >= 11 is 0. The zero-order valence-corrected chi connectivity index (χ0v) is 16.2. The maximum Gasteiger partial charge on any atom is 0.335 e. The molecule has 2 aromatic heterocycles. The lowest BCUT2D eigenvalue weighted by Crippen LogP contribution is -2.31. The van der Waals surface area contributed by atoms with Gasteiger partial charge in [-0.3, -0.25) is 14.3 Å². The summed E-state index contributed by atoms with van der Waals surface area (Å²) in [5.74, 6) is -1.03. The molecule has 3 rings (SSSR count).